The van der Waals surface area contributed by atoms with Crippen LogP contribution in [0, 0.1) is 0 Å². The summed E-state index contributed by atoms with van der Waals surface area (Å²) in [7, 11) is -3.38. The molecule has 0 spiro atoms. The first kappa shape index (κ1) is 23.9. The first-order chi connectivity index (χ1) is 17.0. The van der Waals surface area contributed by atoms with Crippen molar-refractivity contribution in [2.45, 2.75) is 37.5 Å². The minimum atomic E-state index is -3.38. The van der Waals surface area contributed by atoms with Gasteiger partial charge in [-0.25, -0.2) is 8.42 Å². The van der Waals surface area contributed by atoms with Gasteiger partial charge in [0.2, 0.25) is 6.20 Å². The van der Waals surface area contributed by atoms with Crippen molar-refractivity contribution in [2.75, 3.05) is 6.26 Å². The minimum Gasteiger partial charge on any atom is -0.344 e. The molecule has 2 aromatic carbocycles. The van der Waals surface area contributed by atoms with E-state index in [2.05, 4.69) is 10.3 Å². The average molecular weight is 503 g/mol. The summed E-state index contributed by atoms with van der Waals surface area (Å²) in [6, 6.07) is 18.9. The smallest absolute Gasteiger partial charge is 0.321 e. The molecule has 1 saturated carbocycles. The number of amides is 1. The van der Waals surface area contributed by atoms with Gasteiger partial charge in [-0.2, -0.15) is 0 Å². The van der Waals surface area contributed by atoms with E-state index >= 15 is 0 Å². The third-order valence-electron chi connectivity index (χ3n) is 6.91. The van der Waals surface area contributed by atoms with E-state index in [1.165, 1.54) is 12.5 Å². The highest BCUT2D eigenvalue weighted by molar-refractivity contribution is 7.91. The number of rotatable bonds is 6. The Morgan fingerprint density at radius 1 is 1.03 bits per heavy atom. The average Bonchev–Trinajstić information content (AvgIpc) is 3.66. The molecule has 2 N–H and O–H groups in total. The Morgan fingerprint density at radius 2 is 1.78 bits per heavy atom. The summed E-state index contributed by atoms with van der Waals surface area (Å²) >= 11 is 0. The maximum atomic E-state index is 12.6. The van der Waals surface area contributed by atoms with Gasteiger partial charge < -0.3 is 5.32 Å². The van der Waals surface area contributed by atoms with Crippen LogP contribution in [0.5, 0.6) is 0 Å². The zero-order chi connectivity index (χ0) is 25.7. The van der Waals surface area contributed by atoms with Crippen LogP contribution in [0.3, 0.4) is 0 Å². The van der Waals surface area contributed by atoms with Crippen molar-refractivity contribution in [3.8, 4) is 22.3 Å². The Labute approximate surface area is 210 Å². The van der Waals surface area contributed by atoms with Gasteiger partial charge in [0.1, 0.15) is 0 Å². The summed E-state index contributed by atoms with van der Waals surface area (Å²) in [5.74, 6) is -0.303. The Morgan fingerprint density at radius 3 is 2.47 bits per heavy atom. The van der Waals surface area contributed by atoms with Gasteiger partial charge in [0.05, 0.1) is 15.8 Å². The second kappa shape index (κ2) is 8.71. The second-order valence-electron chi connectivity index (χ2n) is 9.86. The maximum Gasteiger partial charge on any atom is 0.321 e. The number of hydrogen-bond acceptors (Lipinski definition) is 5. The monoisotopic (exact) mass is 502 g/mol. The van der Waals surface area contributed by atoms with Crippen molar-refractivity contribution in [1.29, 1.82) is 0 Å². The third-order valence-corrected chi connectivity index (χ3v) is 9.00. The molecule has 0 atom stereocenters. The fraction of sp³-hybridized carbons (Fsp3) is 0.250. The Kier molecular flexibility index (Phi) is 5.79. The SMILES string of the molecule is CC(C)(c1cc(-c2cccc(-c3ccc(C(=O)NC4CC4)[n+](O)c3)c2)c2ncccc2c1)S(C)(=O)=O. The number of nitrogens with zero attached hydrogens (tertiary/aromatic N) is 2. The number of aromatic nitrogens is 2. The Balaban J connectivity index is 1.59. The van der Waals surface area contributed by atoms with Crippen LogP contribution in [0.2, 0.25) is 0 Å². The van der Waals surface area contributed by atoms with Gasteiger partial charge in [0.15, 0.2) is 9.84 Å². The quantitative estimate of drug-likeness (QED) is 0.303. The zero-order valence-electron chi connectivity index (χ0n) is 20.4. The molecule has 1 fully saturated rings. The van der Waals surface area contributed by atoms with Crippen LogP contribution in [0.15, 0.2) is 73.1 Å². The molecule has 36 heavy (non-hydrogen) atoms. The predicted molar refractivity (Wildman–Crippen MR) is 138 cm³/mol. The Bertz CT molecular complexity index is 1610. The predicted octanol–water partition coefficient (Wildman–Crippen LogP) is 4.27. The van der Waals surface area contributed by atoms with Gasteiger partial charge in [-0.1, -0.05) is 24.3 Å². The second-order valence-corrected chi connectivity index (χ2v) is 12.4. The molecule has 0 radical (unpaired) electrons. The first-order valence-corrected chi connectivity index (χ1v) is 13.7. The van der Waals surface area contributed by atoms with E-state index in [1.807, 2.05) is 48.5 Å². The normalized spacial score (nSPS) is 14.1. The number of benzene rings is 2. The number of pyridine rings is 2. The van der Waals surface area contributed by atoms with Gasteiger partial charge in [-0.3, -0.25) is 15.0 Å². The van der Waals surface area contributed by atoms with E-state index in [0.29, 0.717) is 5.56 Å². The molecule has 4 aromatic rings. The summed E-state index contributed by atoms with van der Waals surface area (Å²) in [5.41, 5.74) is 4.87. The maximum absolute atomic E-state index is 12.6. The molecule has 1 amide bonds. The Hall–Kier alpha value is -3.78. The van der Waals surface area contributed by atoms with Crippen molar-refractivity contribution in [3.05, 3.63) is 84.3 Å². The van der Waals surface area contributed by atoms with E-state index in [1.54, 1.807) is 32.2 Å². The number of hydrogen-bond donors (Lipinski definition) is 2. The van der Waals surface area contributed by atoms with Crippen LogP contribution >= 0.6 is 0 Å². The minimum absolute atomic E-state index is 0.174. The lowest BCUT2D eigenvalue weighted by Crippen LogP contribution is -2.42. The van der Waals surface area contributed by atoms with Crippen LogP contribution in [0.4, 0.5) is 0 Å². The van der Waals surface area contributed by atoms with E-state index in [4.69, 9.17) is 0 Å². The van der Waals surface area contributed by atoms with Gasteiger partial charge in [-0.15, -0.1) is 0 Å². The van der Waals surface area contributed by atoms with Crippen molar-refractivity contribution < 1.29 is 23.1 Å². The molecule has 7 nitrogen and oxygen atoms in total. The summed E-state index contributed by atoms with van der Waals surface area (Å²) in [6.45, 7) is 3.42. The number of carbonyl (C=O) groups excluding carboxylic acids is 1. The molecule has 1 aliphatic rings. The lowest BCUT2D eigenvalue weighted by molar-refractivity contribution is -0.905. The van der Waals surface area contributed by atoms with Gasteiger partial charge >= 0.3 is 11.6 Å². The lowest BCUT2D eigenvalue weighted by atomic mass is 9.92. The molecular formula is C28H28N3O4S+. The number of nitrogens with one attached hydrogen (secondary N) is 1. The summed E-state index contributed by atoms with van der Waals surface area (Å²) < 4.78 is 24.9. The highest BCUT2D eigenvalue weighted by atomic mass is 32.2. The molecule has 8 heteroatoms. The zero-order valence-corrected chi connectivity index (χ0v) is 21.2. The highest BCUT2D eigenvalue weighted by Gasteiger charge is 2.33. The molecule has 1 aliphatic carbocycles. The topological polar surface area (TPSA) is 100 Å². The molecular weight excluding hydrogens is 474 g/mol. The molecule has 0 saturated heterocycles. The van der Waals surface area contributed by atoms with Crippen LogP contribution < -0.4 is 10.0 Å². The van der Waals surface area contributed by atoms with Crippen LogP contribution in [0.1, 0.15) is 42.7 Å². The third kappa shape index (κ3) is 4.44. The van der Waals surface area contributed by atoms with E-state index < -0.39 is 14.6 Å². The fourth-order valence-electron chi connectivity index (χ4n) is 4.17. The van der Waals surface area contributed by atoms with Crippen LogP contribution in [0.25, 0.3) is 33.2 Å². The fourth-order valence-corrected chi connectivity index (χ4v) is 4.71. The summed E-state index contributed by atoms with van der Waals surface area (Å²) in [6.07, 6.45) is 6.42. The van der Waals surface area contributed by atoms with Crippen LogP contribution in [-0.2, 0) is 14.6 Å². The molecule has 184 valence electrons. The number of sulfone groups is 1. The molecule has 0 bridgehead atoms. The van der Waals surface area contributed by atoms with Crippen LogP contribution in [-0.4, -0.2) is 36.8 Å². The highest BCUT2D eigenvalue weighted by Crippen LogP contribution is 2.37. The molecule has 2 heterocycles. The van der Waals surface area contributed by atoms with Crippen molar-refractivity contribution in [1.82, 2.24) is 10.3 Å². The number of fused-ring (bicyclic) bond motifs is 1. The molecule has 0 unspecified atom stereocenters. The van der Waals surface area contributed by atoms with Gasteiger partial charge in [0.25, 0.3) is 0 Å². The largest absolute Gasteiger partial charge is 0.344 e. The summed E-state index contributed by atoms with van der Waals surface area (Å²) in [5, 5.41) is 14.2. The van der Waals surface area contributed by atoms with Gasteiger partial charge in [-0.05, 0) is 73.7 Å². The molecule has 0 aliphatic heterocycles. The van der Waals surface area contributed by atoms with Crippen molar-refractivity contribution in [2.24, 2.45) is 0 Å². The molecule has 5 rings (SSSR count). The van der Waals surface area contributed by atoms with Crippen molar-refractivity contribution >= 4 is 26.6 Å². The molecule has 2 aromatic heterocycles. The standard InChI is InChI=1S/C28H27N3O4S/c1-28(2,36(3,34)35)22-15-20-8-5-13-29-26(20)24(16-22)19-7-4-6-18(14-19)21-9-12-25(31(33)17-21)27(32)30-23-10-11-23/h4-9,12-17,23H,10-11H2,1-3H3,(H-,30,32,33)/p+1. The summed E-state index contributed by atoms with van der Waals surface area (Å²) in [4.78, 5) is 17.0. The van der Waals surface area contributed by atoms with Gasteiger partial charge in [0, 0.05) is 40.2 Å². The van der Waals surface area contributed by atoms with E-state index in [0.717, 1.165) is 50.7 Å². The number of carbonyl (C=O) groups is 1. The first-order valence-electron chi connectivity index (χ1n) is 11.8. The van der Waals surface area contributed by atoms with Crippen molar-refractivity contribution in [3.63, 3.8) is 0 Å². The van der Waals surface area contributed by atoms with E-state index in [9.17, 15) is 18.4 Å². The van der Waals surface area contributed by atoms with E-state index in [-0.39, 0.29) is 17.6 Å². The lowest BCUT2D eigenvalue weighted by Gasteiger charge is -2.24.